The van der Waals surface area contributed by atoms with E-state index in [-0.39, 0.29) is 11.2 Å². The number of nitrogens with one attached hydrogen (secondary N) is 1. The predicted molar refractivity (Wildman–Crippen MR) is 153 cm³/mol. The van der Waals surface area contributed by atoms with Crippen molar-refractivity contribution in [2.45, 2.75) is 46.6 Å². The molecule has 15 heteroatoms. The third-order valence-corrected chi connectivity index (χ3v) is 4.96. The van der Waals surface area contributed by atoms with Crippen LogP contribution in [0.2, 0.25) is 0 Å². The molecular formula is C25H35FN6O6S2. The molecule has 5 N–H and O–H groups in total. The molecule has 4 rings (SSSR count). The average Bonchev–Trinajstić information content (AvgIpc) is 3.33. The second-order valence-corrected chi connectivity index (χ2v) is 13.5. The summed E-state index contributed by atoms with van der Waals surface area (Å²) in [6, 6.07) is 10.2. The molecule has 0 aliphatic carbocycles. The van der Waals surface area contributed by atoms with Crippen molar-refractivity contribution in [1.82, 2.24) is 24.5 Å². The molecule has 3 aromatic heterocycles. The van der Waals surface area contributed by atoms with E-state index >= 15 is 0 Å². The van der Waals surface area contributed by atoms with Gasteiger partial charge < -0.3 is 10.7 Å². The number of hydrogen-bond acceptors (Lipinski definition) is 8. The first-order chi connectivity index (χ1) is 18.1. The van der Waals surface area contributed by atoms with Gasteiger partial charge in [0, 0.05) is 17.5 Å². The van der Waals surface area contributed by atoms with Gasteiger partial charge in [0.25, 0.3) is 20.2 Å². The monoisotopic (exact) mass is 598 g/mol. The van der Waals surface area contributed by atoms with E-state index in [4.69, 9.17) is 24.8 Å². The Hall–Kier alpha value is -3.40. The van der Waals surface area contributed by atoms with Crippen LogP contribution in [0.15, 0.2) is 36.4 Å². The third kappa shape index (κ3) is 10.3. The fourth-order valence-corrected chi connectivity index (χ4v) is 3.44. The number of hydrogen-bond donors (Lipinski definition) is 4. The van der Waals surface area contributed by atoms with Crippen LogP contribution in [0.3, 0.4) is 0 Å². The van der Waals surface area contributed by atoms with Crippen molar-refractivity contribution in [2.24, 2.45) is 5.92 Å². The molecule has 4 aromatic rings. The van der Waals surface area contributed by atoms with Gasteiger partial charge >= 0.3 is 0 Å². The van der Waals surface area contributed by atoms with E-state index < -0.39 is 20.2 Å². The Morgan fingerprint density at radius 2 is 1.48 bits per heavy atom. The number of pyridine rings is 1. The van der Waals surface area contributed by atoms with Crippen molar-refractivity contribution in [3.63, 3.8) is 0 Å². The van der Waals surface area contributed by atoms with E-state index in [9.17, 15) is 21.2 Å². The summed E-state index contributed by atoms with van der Waals surface area (Å²) in [4.78, 5) is 17.6. The summed E-state index contributed by atoms with van der Waals surface area (Å²) in [5.74, 6) is 1.43. The Balaban J connectivity index is 0.000000482. The highest BCUT2D eigenvalue weighted by atomic mass is 32.2. The van der Waals surface area contributed by atoms with Gasteiger partial charge in [0.1, 0.15) is 22.9 Å². The zero-order valence-electron chi connectivity index (χ0n) is 23.3. The maximum atomic E-state index is 13.5. The summed E-state index contributed by atoms with van der Waals surface area (Å²) in [5, 5.41) is 0. The number of benzene rings is 1. The van der Waals surface area contributed by atoms with Gasteiger partial charge in [-0.2, -0.15) is 16.8 Å². The summed E-state index contributed by atoms with van der Waals surface area (Å²) in [5.41, 5.74) is 10.6. The molecule has 0 atom stereocenters. The second-order valence-electron chi connectivity index (χ2n) is 10.5. The van der Waals surface area contributed by atoms with E-state index in [2.05, 4.69) is 44.6 Å². The number of H-pyrrole nitrogens is 1. The van der Waals surface area contributed by atoms with Gasteiger partial charge in [0.2, 0.25) is 5.95 Å². The number of aromatic nitrogens is 5. The lowest BCUT2D eigenvalue weighted by atomic mass is 9.96. The van der Waals surface area contributed by atoms with E-state index in [0.29, 0.717) is 24.4 Å². The third-order valence-electron chi connectivity index (χ3n) is 4.96. The molecule has 3 heterocycles. The normalized spacial score (nSPS) is 12.1. The van der Waals surface area contributed by atoms with E-state index in [1.54, 1.807) is 12.1 Å². The van der Waals surface area contributed by atoms with E-state index in [0.717, 1.165) is 46.2 Å². The fraction of sp³-hybridized carbons (Fsp3) is 0.400. The molecule has 0 saturated carbocycles. The summed E-state index contributed by atoms with van der Waals surface area (Å²) in [7, 11) is -7.33. The van der Waals surface area contributed by atoms with Gasteiger partial charge in [0.05, 0.1) is 23.9 Å². The maximum Gasteiger partial charge on any atom is 0.261 e. The first kappa shape index (κ1) is 32.8. The first-order valence-electron chi connectivity index (χ1n) is 12.0. The molecule has 0 fully saturated rings. The van der Waals surface area contributed by atoms with Gasteiger partial charge in [-0.15, -0.1) is 0 Å². The number of rotatable bonds is 4. The number of imidazole rings is 2. The second kappa shape index (κ2) is 12.4. The van der Waals surface area contributed by atoms with Crippen LogP contribution in [0.25, 0.3) is 33.8 Å². The molecule has 40 heavy (non-hydrogen) atoms. The highest BCUT2D eigenvalue weighted by Crippen LogP contribution is 2.33. The summed E-state index contributed by atoms with van der Waals surface area (Å²) >= 11 is 0. The first-order valence-corrected chi connectivity index (χ1v) is 15.7. The van der Waals surface area contributed by atoms with Crippen LogP contribution in [-0.4, -0.2) is 63.0 Å². The summed E-state index contributed by atoms with van der Waals surface area (Å²) in [6.07, 6.45) is 1.43. The topological polar surface area (TPSA) is 194 Å². The molecule has 0 radical (unpaired) electrons. The molecule has 0 aliphatic heterocycles. The Kier molecular flexibility index (Phi) is 10.2. The fourth-order valence-electron chi connectivity index (χ4n) is 3.44. The quantitative estimate of drug-likeness (QED) is 0.248. The zero-order chi connectivity index (χ0) is 30.6. The van der Waals surface area contributed by atoms with Crippen molar-refractivity contribution < 1.29 is 30.3 Å². The van der Waals surface area contributed by atoms with Gasteiger partial charge in [-0.05, 0) is 42.3 Å². The molecule has 1 aromatic carbocycles. The smallest absolute Gasteiger partial charge is 0.261 e. The van der Waals surface area contributed by atoms with Crippen LogP contribution in [0.4, 0.5) is 10.3 Å². The summed E-state index contributed by atoms with van der Waals surface area (Å²) in [6.45, 7) is 11.3. The Morgan fingerprint density at radius 1 is 0.950 bits per heavy atom. The standard InChI is InChI=1S/C23H27FN6.2CH4O3S/c1-13(2)12-30-20-17(27-22(30)25)11-10-16(26-20)19-18(14-6-8-15(24)9-7-14)28-21(29-19)23(3,4)5;2*1-5(2,3)4/h6-11,13H,12H2,1-5H3,(H2,25,27)(H,28,29);2*1H3,(H,2,3,4). The van der Waals surface area contributed by atoms with Crippen LogP contribution in [0.5, 0.6) is 0 Å². The number of anilines is 1. The largest absolute Gasteiger partial charge is 0.369 e. The number of nitrogens with two attached hydrogens (primary N) is 1. The Bertz CT molecular complexity index is 1630. The van der Waals surface area contributed by atoms with Crippen molar-refractivity contribution in [2.75, 3.05) is 18.2 Å². The Labute approximate surface area is 233 Å². The molecule has 12 nitrogen and oxygen atoms in total. The number of fused-ring (bicyclic) bond motifs is 1. The maximum absolute atomic E-state index is 13.5. The van der Waals surface area contributed by atoms with Crippen molar-refractivity contribution in [1.29, 1.82) is 0 Å². The Morgan fingerprint density at radius 3 is 1.95 bits per heavy atom. The van der Waals surface area contributed by atoms with Crippen molar-refractivity contribution >= 4 is 37.3 Å². The molecular weight excluding hydrogens is 563 g/mol. The highest BCUT2D eigenvalue weighted by molar-refractivity contribution is 7.85. The van der Waals surface area contributed by atoms with Gasteiger partial charge in [-0.3, -0.25) is 13.7 Å². The number of nitrogen functional groups attached to an aromatic ring is 1. The minimum absolute atomic E-state index is 0.180. The molecule has 0 spiro atoms. The molecule has 0 unspecified atom stereocenters. The lowest BCUT2D eigenvalue weighted by molar-refractivity contribution is 0.488. The van der Waals surface area contributed by atoms with Crippen molar-refractivity contribution in [3.8, 4) is 22.6 Å². The molecule has 0 amide bonds. The predicted octanol–water partition coefficient (Wildman–Crippen LogP) is 4.17. The van der Waals surface area contributed by atoms with Crippen LogP contribution >= 0.6 is 0 Å². The van der Waals surface area contributed by atoms with Gasteiger partial charge in [0.15, 0.2) is 5.65 Å². The highest BCUT2D eigenvalue weighted by Gasteiger charge is 2.24. The number of halogens is 1. The van der Waals surface area contributed by atoms with Crippen LogP contribution in [0.1, 0.15) is 40.4 Å². The average molecular weight is 599 g/mol. The van der Waals surface area contributed by atoms with Crippen LogP contribution in [-0.2, 0) is 32.2 Å². The van der Waals surface area contributed by atoms with Crippen molar-refractivity contribution in [3.05, 3.63) is 48.0 Å². The minimum Gasteiger partial charge on any atom is -0.369 e. The lowest BCUT2D eigenvalue weighted by Crippen LogP contribution is -2.13. The molecule has 220 valence electrons. The van der Waals surface area contributed by atoms with Gasteiger partial charge in [-0.1, -0.05) is 34.6 Å². The molecule has 0 aliphatic rings. The molecule has 0 bridgehead atoms. The summed E-state index contributed by atoms with van der Waals surface area (Å²) < 4.78 is 67.2. The number of aromatic amines is 1. The lowest BCUT2D eigenvalue weighted by Gasteiger charge is -2.14. The van der Waals surface area contributed by atoms with E-state index in [1.165, 1.54) is 12.1 Å². The van der Waals surface area contributed by atoms with Crippen LogP contribution < -0.4 is 5.73 Å². The minimum atomic E-state index is -3.67. The zero-order valence-corrected chi connectivity index (χ0v) is 25.0. The molecule has 0 saturated heterocycles. The van der Waals surface area contributed by atoms with E-state index in [1.807, 2.05) is 16.7 Å². The SMILES string of the molecule is CC(C)Cn1c(N)nc2ccc(-c3nc(C(C)(C)C)[nH]c3-c3ccc(F)cc3)nc21.CS(=O)(=O)O.CS(=O)(=O)O. The van der Waals surface area contributed by atoms with Gasteiger partial charge in [-0.25, -0.2) is 19.3 Å². The number of nitrogens with zero attached hydrogens (tertiary/aromatic N) is 4. The van der Waals surface area contributed by atoms with Crippen LogP contribution in [0, 0.1) is 11.7 Å².